The van der Waals surface area contributed by atoms with Crippen molar-refractivity contribution in [3.8, 4) is 28.7 Å². The summed E-state index contributed by atoms with van der Waals surface area (Å²) >= 11 is 0. The van der Waals surface area contributed by atoms with E-state index in [0.29, 0.717) is 61.6 Å². The Kier molecular flexibility index (Phi) is 33.9. The number of anilines is 2. The molecule has 0 atom stereocenters. The standard InChI is InChI=1S/C26H30N2O5.C16H23NO5.C16H25NO3.C16H24O3.C14H22O.C10H7NO3/c1-25(2,3)17-12-18(26(4,5)6)21(33-24(31)32-7)13-20(17)28-23(30)16-14-27-19-11-9-8-10-15(19)22(16)29;1-15(2,3)10-8-11(16(4,5)6)13(22-14(18)21-7)9-12(10)17(19)20;1-15(2,3)10-8-11(16(4,5)6)13(9-12(10)17)20-14(18)19-7;1-15(2,3)11-8-9-13(19-14(17)18-7)12(10-11)16(4,5)6;1-13(2,3)10-7-8-12(15)11(9-10)14(4,5)6;12-9-6-3-1-2-4-8(6)11-5-7(9)10(13)14/h8-14H,1-7H3,(H,27,29)(H,28,30);8-9H,1-7H3;8-9H,17H2,1-7H3;8-10H,1-7H3;7-9,15H,1-6H3;1-5H,(H,11,12)(H,13,14). The third kappa shape index (κ3) is 29.1. The summed E-state index contributed by atoms with van der Waals surface area (Å²) in [7, 11) is 5.02. The van der Waals surface area contributed by atoms with E-state index >= 15 is 0 Å². The summed E-state index contributed by atoms with van der Waals surface area (Å²) in [5.74, 6) is 0.0823. The second-order valence-corrected chi connectivity index (χ2v) is 40.0. The maximum atomic E-state index is 13.2. The van der Waals surface area contributed by atoms with Crippen LogP contribution in [0.15, 0.2) is 143 Å². The minimum Gasteiger partial charge on any atom is -0.508 e. The van der Waals surface area contributed by atoms with Gasteiger partial charge < -0.3 is 69.1 Å². The first-order valence-electron chi connectivity index (χ1n) is 40.3. The molecule has 0 aliphatic carbocycles. The average Bonchev–Trinajstić information content (AvgIpc) is 0.776. The van der Waals surface area contributed by atoms with Crippen molar-refractivity contribution in [2.24, 2.45) is 0 Å². The Labute approximate surface area is 724 Å². The van der Waals surface area contributed by atoms with Crippen molar-refractivity contribution in [3.05, 3.63) is 231 Å². The van der Waals surface area contributed by atoms with Gasteiger partial charge in [0.2, 0.25) is 10.9 Å². The number of aromatic nitrogens is 2. The van der Waals surface area contributed by atoms with Crippen molar-refractivity contribution in [2.45, 2.75) is 262 Å². The lowest BCUT2D eigenvalue weighted by molar-refractivity contribution is -0.386. The number of amides is 1. The van der Waals surface area contributed by atoms with Crippen molar-refractivity contribution in [1.29, 1.82) is 0 Å². The molecule has 0 saturated carbocycles. The number of phenolic OH excluding ortho intramolecular Hbond substituents is 1. The molecule has 0 aliphatic rings. The second kappa shape index (κ2) is 40.3. The first-order valence-corrected chi connectivity index (χ1v) is 40.3. The molecule has 0 fully saturated rings. The first-order chi connectivity index (χ1) is 56.0. The highest BCUT2D eigenvalue weighted by Gasteiger charge is 2.35. The molecule has 0 spiro atoms. The molecule has 9 rings (SSSR count). The molecule has 7 aromatic carbocycles. The number of nitrogens with zero attached hydrogens (tertiary/aromatic N) is 1. The van der Waals surface area contributed by atoms with Gasteiger partial charge in [0.15, 0.2) is 0 Å². The van der Waals surface area contributed by atoms with E-state index < -0.39 is 52.3 Å². The van der Waals surface area contributed by atoms with Crippen LogP contribution in [0.4, 0.5) is 36.2 Å². The summed E-state index contributed by atoms with van der Waals surface area (Å²) < 4.78 is 39.3. The molecule has 0 bridgehead atoms. The first kappa shape index (κ1) is 103. The zero-order valence-electron chi connectivity index (χ0n) is 78.5. The Morgan fingerprint density at radius 2 is 0.691 bits per heavy atom. The van der Waals surface area contributed by atoms with Gasteiger partial charge in [-0.3, -0.25) is 24.5 Å². The van der Waals surface area contributed by atoms with Gasteiger partial charge in [-0.1, -0.05) is 256 Å². The minimum atomic E-state index is -1.21. The van der Waals surface area contributed by atoms with E-state index in [1.165, 1.54) is 58.0 Å². The molecule has 25 nitrogen and oxygen atoms in total. The number of aromatic amines is 2. The summed E-state index contributed by atoms with van der Waals surface area (Å²) in [4.78, 5) is 111. The summed E-state index contributed by atoms with van der Waals surface area (Å²) in [6.45, 7) is 61.8. The highest BCUT2D eigenvalue weighted by molar-refractivity contribution is 6.06. The van der Waals surface area contributed by atoms with Crippen LogP contribution in [0.25, 0.3) is 21.8 Å². The molecule has 0 radical (unpaired) electrons. The number of rotatable bonds is 8. The Balaban J connectivity index is 0.000000318. The molecule has 123 heavy (non-hydrogen) atoms. The summed E-state index contributed by atoms with van der Waals surface area (Å²) in [6, 6.07) is 36.0. The van der Waals surface area contributed by atoms with Crippen LogP contribution in [0.1, 0.15) is 284 Å². The number of carboxylic acid groups (broad SMARTS) is 1. The Bertz CT molecular complexity index is 5430. The number of nitrogens with two attached hydrogens (primary N) is 1. The van der Waals surface area contributed by atoms with Crippen LogP contribution < -0.4 is 40.9 Å². The van der Waals surface area contributed by atoms with Crippen LogP contribution in [0.2, 0.25) is 0 Å². The number of fused-ring (bicyclic) bond motifs is 2. The summed E-state index contributed by atoms with van der Waals surface area (Å²) in [5.41, 5.74) is 15.1. The number of hydrogen-bond acceptors (Lipinski definition) is 20. The van der Waals surface area contributed by atoms with E-state index in [9.17, 15) is 53.6 Å². The number of nitrogen functional groups attached to an aromatic ring is 1. The SMILES string of the molecule is CC(C)(C)c1ccc(O)c(C(C)(C)C)c1.COC(=O)Oc1cc(N)c(C(C)(C)C)cc1C(C)(C)C.COC(=O)Oc1cc(NC(=O)c2c[nH]c3ccccc3c2=O)c(C(C)(C)C)cc1C(C)(C)C.COC(=O)Oc1cc([N+](=O)[O-])c(C(C)(C)C)cc1C(C)(C)C.COC(=O)Oc1ccc(C(C)(C)C)cc1C(C)(C)C.O=C(O)c1c[nH]c2ccccc2c1=O. The van der Waals surface area contributed by atoms with Gasteiger partial charge in [-0.15, -0.1) is 0 Å². The number of nitro benzene ring substituents is 1. The van der Waals surface area contributed by atoms with Crippen LogP contribution in [0.3, 0.4) is 0 Å². The number of pyridine rings is 2. The van der Waals surface area contributed by atoms with Gasteiger partial charge in [0.25, 0.3) is 11.6 Å². The largest absolute Gasteiger partial charge is 0.513 e. The monoisotopic (exact) mass is 1700 g/mol. The molecule has 7 N–H and O–H groups in total. The number of methoxy groups -OCH3 is 4. The van der Waals surface area contributed by atoms with Gasteiger partial charge in [-0.05, 0) is 137 Å². The molecule has 0 unspecified atom stereocenters. The number of phenols is 1. The number of carbonyl (C=O) groups excluding carboxylic acids is 5. The fourth-order valence-corrected chi connectivity index (χ4v) is 12.5. The van der Waals surface area contributed by atoms with Crippen LogP contribution in [-0.4, -0.2) is 90.0 Å². The molecule has 0 aliphatic heterocycles. The van der Waals surface area contributed by atoms with Crippen LogP contribution in [0.5, 0.6) is 28.7 Å². The molecule has 1 amide bonds. The lowest BCUT2D eigenvalue weighted by atomic mass is 9.79. The van der Waals surface area contributed by atoms with Crippen molar-refractivity contribution < 1.29 is 81.8 Å². The molecule has 2 aromatic heterocycles. The van der Waals surface area contributed by atoms with E-state index in [0.717, 1.165) is 33.4 Å². The van der Waals surface area contributed by atoms with Gasteiger partial charge in [-0.2, -0.15) is 0 Å². The number of carboxylic acids is 1. The van der Waals surface area contributed by atoms with Crippen molar-refractivity contribution >= 4 is 75.4 Å². The molecule has 25 heteroatoms. The Morgan fingerprint density at radius 3 is 1.06 bits per heavy atom. The lowest BCUT2D eigenvalue weighted by Gasteiger charge is -2.29. The third-order valence-corrected chi connectivity index (χ3v) is 19.5. The Hall–Kier alpha value is -12.0. The maximum absolute atomic E-state index is 13.2. The predicted octanol–water partition coefficient (Wildman–Crippen LogP) is 23.5. The number of nitro groups is 1. The highest BCUT2D eigenvalue weighted by Crippen LogP contribution is 2.45. The molecular weight excluding hydrogens is 1570 g/mol. The topological polar surface area (TPSA) is 364 Å². The highest BCUT2D eigenvalue weighted by atomic mass is 16.7. The summed E-state index contributed by atoms with van der Waals surface area (Å²) in [5, 5.41) is 33.6. The molecular formula is C98H131N5O20. The predicted molar refractivity (Wildman–Crippen MR) is 488 cm³/mol. The van der Waals surface area contributed by atoms with Gasteiger partial charge in [0.05, 0.1) is 39.4 Å². The third-order valence-electron chi connectivity index (χ3n) is 19.5. The minimum absolute atomic E-state index is 0.00859. The number of nitrogens with one attached hydrogen (secondary N) is 3. The number of para-hydroxylation sites is 2. The maximum Gasteiger partial charge on any atom is 0.513 e. The quantitative estimate of drug-likeness (QED) is 0.0205. The van der Waals surface area contributed by atoms with Crippen molar-refractivity contribution in [1.82, 2.24) is 9.97 Å². The van der Waals surface area contributed by atoms with E-state index in [1.807, 2.05) is 119 Å². The number of hydrogen-bond donors (Lipinski definition) is 6. The normalized spacial score (nSPS) is 11.9. The lowest BCUT2D eigenvalue weighted by Crippen LogP contribution is -2.25. The number of benzene rings is 7. The van der Waals surface area contributed by atoms with Crippen LogP contribution >= 0.6 is 0 Å². The fourth-order valence-electron chi connectivity index (χ4n) is 12.5. The van der Waals surface area contributed by atoms with Crippen LogP contribution in [-0.2, 0) is 73.1 Å². The molecule has 9 aromatic rings. The van der Waals surface area contributed by atoms with Gasteiger partial charge in [0.1, 0.15) is 39.9 Å². The smallest absolute Gasteiger partial charge is 0.508 e. The summed E-state index contributed by atoms with van der Waals surface area (Å²) in [6.07, 6.45) is -0.554. The van der Waals surface area contributed by atoms with Gasteiger partial charge in [-0.25, -0.2) is 24.0 Å². The average molecular weight is 1700 g/mol. The van der Waals surface area contributed by atoms with Gasteiger partial charge in [0, 0.05) is 85.5 Å². The van der Waals surface area contributed by atoms with Gasteiger partial charge >= 0.3 is 30.6 Å². The van der Waals surface area contributed by atoms with E-state index in [2.05, 4.69) is 171 Å². The second-order valence-electron chi connectivity index (χ2n) is 40.0. The molecule has 2 heterocycles. The van der Waals surface area contributed by atoms with E-state index in [4.69, 9.17) is 29.8 Å². The van der Waals surface area contributed by atoms with E-state index in [-0.39, 0.29) is 82.5 Å². The number of aromatic carboxylic acids is 1. The number of aromatic hydroxyl groups is 1. The van der Waals surface area contributed by atoms with Crippen molar-refractivity contribution in [2.75, 3.05) is 39.5 Å². The number of ether oxygens (including phenoxy) is 8. The van der Waals surface area contributed by atoms with Crippen LogP contribution in [0, 0.1) is 10.1 Å². The Morgan fingerprint density at radius 1 is 0.374 bits per heavy atom. The number of H-pyrrole nitrogens is 2. The van der Waals surface area contributed by atoms with Crippen molar-refractivity contribution in [3.63, 3.8) is 0 Å². The fraction of sp³-hybridized carbons (Fsp3) is 0.449. The zero-order valence-corrected chi connectivity index (χ0v) is 78.5. The molecule has 0 saturated heterocycles. The zero-order chi connectivity index (χ0) is 94.4. The van der Waals surface area contributed by atoms with E-state index in [1.54, 1.807) is 66.7 Å². The molecule has 668 valence electrons. The number of carbonyl (C=O) groups is 6.